The lowest BCUT2D eigenvalue weighted by atomic mass is 9.89. The summed E-state index contributed by atoms with van der Waals surface area (Å²) in [5, 5.41) is 0. The van der Waals surface area contributed by atoms with Crippen molar-refractivity contribution < 1.29 is 4.79 Å². The van der Waals surface area contributed by atoms with Gasteiger partial charge in [-0.25, -0.2) is 0 Å². The number of hydrogen-bond acceptors (Lipinski definition) is 2. The number of benzene rings is 1. The minimum absolute atomic E-state index is 0.121. The molecule has 1 aliphatic rings. The average Bonchev–Trinajstić information content (AvgIpc) is 2.48. The molecular formula is C17H26N2O. The Morgan fingerprint density at radius 1 is 1.20 bits per heavy atom. The normalized spacial score (nSPS) is 16.7. The Bertz CT molecular complexity index is 431. The van der Waals surface area contributed by atoms with E-state index in [2.05, 4.69) is 24.3 Å². The first kappa shape index (κ1) is 15.0. The summed E-state index contributed by atoms with van der Waals surface area (Å²) in [6.07, 6.45) is 3.36. The quantitative estimate of drug-likeness (QED) is 0.917. The van der Waals surface area contributed by atoms with Crippen molar-refractivity contribution in [3.63, 3.8) is 0 Å². The van der Waals surface area contributed by atoms with Gasteiger partial charge >= 0.3 is 0 Å². The molecule has 0 spiro atoms. The SMILES string of the molecule is CC(C)C(=O)N1CCC(Cc2ccc(CN)cc2)CC1. The van der Waals surface area contributed by atoms with Gasteiger partial charge in [0.05, 0.1) is 0 Å². The maximum atomic E-state index is 11.9. The summed E-state index contributed by atoms with van der Waals surface area (Å²) in [5.41, 5.74) is 8.19. The third-order valence-electron chi connectivity index (χ3n) is 4.20. The second-order valence-electron chi connectivity index (χ2n) is 6.15. The minimum atomic E-state index is 0.121. The molecular weight excluding hydrogens is 248 g/mol. The van der Waals surface area contributed by atoms with Crippen LogP contribution in [0.15, 0.2) is 24.3 Å². The lowest BCUT2D eigenvalue weighted by molar-refractivity contribution is -0.135. The lowest BCUT2D eigenvalue weighted by Gasteiger charge is -2.33. The van der Waals surface area contributed by atoms with Crippen LogP contribution >= 0.6 is 0 Å². The lowest BCUT2D eigenvalue weighted by Crippen LogP contribution is -2.40. The van der Waals surface area contributed by atoms with Crippen molar-refractivity contribution in [3.8, 4) is 0 Å². The van der Waals surface area contributed by atoms with Crippen molar-refractivity contribution in [2.24, 2.45) is 17.6 Å². The van der Waals surface area contributed by atoms with E-state index < -0.39 is 0 Å². The molecule has 0 atom stereocenters. The molecule has 2 N–H and O–H groups in total. The molecule has 3 nitrogen and oxygen atoms in total. The Labute approximate surface area is 122 Å². The standard InChI is InChI=1S/C17H26N2O/c1-13(2)17(20)19-9-7-15(8-10-19)11-14-3-5-16(12-18)6-4-14/h3-6,13,15H,7-12,18H2,1-2H3. The fraction of sp³-hybridized carbons (Fsp3) is 0.588. The Hall–Kier alpha value is -1.35. The number of carbonyl (C=O) groups excluding carboxylic acids is 1. The molecule has 1 aromatic rings. The summed E-state index contributed by atoms with van der Waals surface area (Å²) in [6, 6.07) is 8.61. The highest BCUT2D eigenvalue weighted by molar-refractivity contribution is 5.78. The first-order valence-electron chi connectivity index (χ1n) is 7.67. The Morgan fingerprint density at radius 2 is 1.75 bits per heavy atom. The highest BCUT2D eigenvalue weighted by Crippen LogP contribution is 2.22. The molecule has 3 heteroatoms. The molecule has 0 aromatic heterocycles. The summed E-state index contributed by atoms with van der Waals surface area (Å²) in [4.78, 5) is 14.0. The molecule has 0 saturated carbocycles. The van der Waals surface area contributed by atoms with E-state index in [1.165, 1.54) is 11.1 Å². The summed E-state index contributed by atoms with van der Waals surface area (Å²) in [7, 11) is 0. The topological polar surface area (TPSA) is 46.3 Å². The van der Waals surface area contributed by atoms with E-state index in [0.717, 1.165) is 32.4 Å². The number of piperidine rings is 1. The molecule has 0 bridgehead atoms. The third kappa shape index (κ3) is 3.83. The van der Waals surface area contributed by atoms with Crippen molar-refractivity contribution in [1.29, 1.82) is 0 Å². The number of amides is 1. The Morgan fingerprint density at radius 3 is 2.25 bits per heavy atom. The van der Waals surface area contributed by atoms with Gasteiger partial charge in [-0.05, 0) is 36.3 Å². The summed E-state index contributed by atoms with van der Waals surface area (Å²) < 4.78 is 0. The fourth-order valence-electron chi connectivity index (χ4n) is 2.87. The highest BCUT2D eigenvalue weighted by atomic mass is 16.2. The third-order valence-corrected chi connectivity index (χ3v) is 4.20. The van der Waals surface area contributed by atoms with Crippen LogP contribution in [0.2, 0.25) is 0 Å². The molecule has 0 aliphatic carbocycles. The highest BCUT2D eigenvalue weighted by Gasteiger charge is 2.24. The molecule has 1 fully saturated rings. The predicted molar refractivity (Wildman–Crippen MR) is 82.2 cm³/mol. The van der Waals surface area contributed by atoms with Gasteiger partial charge in [0, 0.05) is 25.6 Å². The van der Waals surface area contributed by atoms with Gasteiger partial charge in [0.25, 0.3) is 0 Å². The van der Waals surface area contributed by atoms with Gasteiger partial charge in [-0.15, -0.1) is 0 Å². The molecule has 2 rings (SSSR count). The molecule has 0 radical (unpaired) electrons. The largest absolute Gasteiger partial charge is 0.342 e. The van der Waals surface area contributed by atoms with E-state index in [4.69, 9.17) is 5.73 Å². The minimum Gasteiger partial charge on any atom is -0.342 e. The summed E-state index contributed by atoms with van der Waals surface area (Å²) in [5.74, 6) is 1.13. The zero-order valence-corrected chi connectivity index (χ0v) is 12.6. The van der Waals surface area contributed by atoms with Crippen molar-refractivity contribution >= 4 is 5.91 Å². The van der Waals surface area contributed by atoms with Gasteiger partial charge < -0.3 is 10.6 Å². The van der Waals surface area contributed by atoms with E-state index in [1.807, 2.05) is 18.7 Å². The zero-order chi connectivity index (χ0) is 14.5. The van der Waals surface area contributed by atoms with Gasteiger partial charge in [-0.1, -0.05) is 38.1 Å². The van der Waals surface area contributed by atoms with Crippen molar-refractivity contribution in [2.45, 2.75) is 39.7 Å². The van der Waals surface area contributed by atoms with Crippen LogP contribution in [0, 0.1) is 11.8 Å². The van der Waals surface area contributed by atoms with E-state index in [1.54, 1.807) is 0 Å². The van der Waals surface area contributed by atoms with E-state index in [-0.39, 0.29) is 5.92 Å². The van der Waals surface area contributed by atoms with E-state index >= 15 is 0 Å². The number of carbonyl (C=O) groups is 1. The van der Waals surface area contributed by atoms with Gasteiger partial charge in [-0.3, -0.25) is 4.79 Å². The van der Waals surface area contributed by atoms with Crippen LogP contribution in [-0.2, 0) is 17.8 Å². The van der Waals surface area contributed by atoms with Crippen LogP contribution in [-0.4, -0.2) is 23.9 Å². The van der Waals surface area contributed by atoms with Crippen LogP contribution in [0.5, 0.6) is 0 Å². The Balaban J connectivity index is 1.83. The first-order valence-corrected chi connectivity index (χ1v) is 7.67. The molecule has 110 valence electrons. The van der Waals surface area contributed by atoms with Crippen LogP contribution in [0.4, 0.5) is 0 Å². The van der Waals surface area contributed by atoms with E-state index in [9.17, 15) is 4.79 Å². The van der Waals surface area contributed by atoms with Crippen molar-refractivity contribution in [1.82, 2.24) is 4.90 Å². The zero-order valence-electron chi connectivity index (χ0n) is 12.6. The van der Waals surface area contributed by atoms with Crippen molar-refractivity contribution in [2.75, 3.05) is 13.1 Å². The number of nitrogens with zero attached hydrogens (tertiary/aromatic N) is 1. The summed E-state index contributed by atoms with van der Waals surface area (Å²) >= 11 is 0. The summed E-state index contributed by atoms with van der Waals surface area (Å²) in [6.45, 7) is 6.40. The van der Waals surface area contributed by atoms with E-state index in [0.29, 0.717) is 18.4 Å². The smallest absolute Gasteiger partial charge is 0.225 e. The molecule has 1 saturated heterocycles. The number of hydrogen-bond donors (Lipinski definition) is 1. The number of rotatable bonds is 4. The van der Waals surface area contributed by atoms with Crippen LogP contribution in [0.1, 0.15) is 37.8 Å². The Kier molecular flexibility index (Phi) is 5.18. The maximum Gasteiger partial charge on any atom is 0.225 e. The van der Waals surface area contributed by atoms with Crippen molar-refractivity contribution in [3.05, 3.63) is 35.4 Å². The van der Waals surface area contributed by atoms with Gasteiger partial charge in [0.1, 0.15) is 0 Å². The molecule has 1 aromatic carbocycles. The predicted octanol–water partition coefficient (Wildman–Crippen LogP) is 2.58. The fourth-order valence-corrected chi connectivity index (χ4v) is 2.87. The molecule has 0 unspecified atom stereocenters. The molecule has 1 aliphatic heterocycles. The van der Waals surface area contributed by atoms with Gasteiger partial charge in [-0.2, -0.15) is 0 Å². The van der Waals surface area contributed by atoms with Crippen LogP contribution in [0.25, 0.3) is 0 Å². The second-order valence-corrected chi connectivity index (χ2v) is 6.15. The monoisotopic (exact) mass is 274 g/mol. The molecule has 1 heterocycles. The molecule has 1 amide bonds. The maximum absolute atomic E-state index is 11.9. The van der Waals surface area contributed by atoms with Crippen LogP contribution < -0.4 is 5.73 Å². The average molecular weight is 274 g/mol. The second kappa shape index (κ2) is 6.89. The number of nitrogens with two attached hydrogens (primary N) is 1. The number of likely N-dealkylation sites (tertiary alicyclic amines) is 1. The first-order chi connectivity index (χ1) is 9.60. The van der Waals surface area contributed by atoms with Gasteiger partial charge in [0.2, 0.25) is 5.91 Å². The van der Waals surface area contributed by atoms with Gasteiger partial charge in [0.15, 0.2) is 0 Å². The molecule has 20 heavy (non-hydrogen) atoms. The van der Waals surface area contributed by atoms with Crippen LogP contribution in [0.3, 0.4) is 0 Å².